The van der Waals surface area contributed by atoms with E-state index in [4.69, 9.17) is 5.73 Å². The number of aromatic amines is 1. The van der Waals surface area contributed by atoms with E-state index in [1.807, 2.05) is 6.92 Å². The van der Waals surface area contributed by atoms with Crippen LogP contribution in [0.4, 0.5) is 0 Å². The lowest BCUT2D eigenvalue weighted by Gasteiger charge is -2.28. The van der Waals surface area contributed by atoms with Crippen LogP contribution >= 0.6 is 0 Å². The second kappa shape index (κ2) is 4.87. The molecule has 0 unspecified atom stereocenters. The van der Waals surface area contributed by atoms with Gasteiger partial charge in [-0.25, -0.2) is 0 Å². The maximum absolute atomic E-state index is 12.0. The minimum absolute atomic E-state index is 0.117. The fourth-order valence-corrected chi connectivity index (χ4v) is 2.40. The molecule has 1 aliphatic carbocycles. The summed E-state index contributed by atoms with van der Waals surface area (Å²) in [5.74, 6) is -0.117. The minimum atomic E-state index is -0.206. The molecule has 1 aromatic heterocycles. The van der Waals surface area contributed by atoms with Crippen molar-refractivity contribution in [3.63, 3.8) is 0 Å². The number of carbonyl (C=O) groups is 1. The lowest BCUT2D eigenvalue weighted by atomic mass is 9.97. The monoisotopic (exact) mass is 236 g/mol. The third kappa shape index (κ3) is 2.49. The topological polar surface area (TPSA) is 83.8 Å². The van der Waals surface area contributed by atoms with Crippen LogP contribution in [0.2, 0.25) is 0 Å². The average molecular weight is 236 g/mol. The van der Waals surface area contributed by atoms with E-state index in [2.05, 4.69) is 15.5 Å². The van der Waals surface area contributed by atoms with Crippen LogP contribution in [0.3, 0.4) is 0 Å². The number of aromatic nitrogens is 2. The molecule has 2 rings (SSSR count). The van der Waals surface area contributed by atoms with Crippen LogP contribution in [-0.2, 0) is 6.42 Å². The van der Waals surface area contributed by atoms with Crippen LogP contribution in [0, 0.1) is 0 Å². The molecule has 0 bridgehead atoms. The van der Waals surface area contributed by atoms with E-state index in [1.165, 1.54) is 0 Å². The van der Waals surface area contributed by atoms with Crippen LogP contribution < -0.4 is 11.1 Å². The number of amides is 1. The third-order valence-corrected chi connectivity index (χ3v) is 3.57. The van der Waals surface area contributed by atoms with Crippen LogP contribution in [0.25, 0.3) is 0 Å². The number of hydrogen-bond donors (Lipinski definition) is 3. The highest BCUT2D eigenvalue weighted by Gasteiger charge is 2.34. The molecule has 0 spiro atoms. The molecule has 1 aliphatic rings. The summed E-state index contributed by atoms with van der Waals surface area (Å²) in [7, 11) is 0. The zero-order valence-electron chi connectivity index (χ0n) is 10.3. The Bertz CT molecular complexity index is 393. The maximum atomic E-state index is 12.0. The molecule has 4 N–H and O–H groups in total. The van der Waals surface area contributed by atoms with Crippen molar-refractivity contribution in [3.05, 3.63) is 17.5 Å². The molecule has 17 heavy (non-hydrogen) atoms. The van der Waals surface area contributed by atoms with Gasteiger partial charge in [0.2, 0.25) is 0 Å². The highest BCUT2D eigenvalue weighted by Crippen LogP contribution is 2.28. The Morgan fingerprint density at radius 2 is 2.29 bits per heavy atom. The Labute approximate surface area is 101 Å². The van der Waals surface area contributed by atoms with Gasteiger partial charge in [-0.1, -0.05) is 19.8 Å². The van der Waals surface area contributed by atoms with Crippen molar-refractivity contribution in [2.45, 2.75) is 44.6 Å². The van der Waals surface area contributed by atoms with Crippen LogP contribution in [0.15, 0.2) is 6.07 Å². The summed E-state index contributed by atoms with van der Waals surface area (Å²) in [5.41, 5.74) is 7.01. The number of nitrogens with one attached hydrogen (secondary N) is 2. The van der Waals surface area contributed by atoms with Crippen LogP contribution in [0.5, 0.6) is 0 Å². The van der Waals surface area contributed by atoms with Gasteiger partial charge in [-0.05, 0) is 25.3 Å². The van der Waals surface area contributed by atoms with Gasteiger partial charge in [0.05, 0.1) is 5.54 Å². The number of nitrogens with two attached hydrogens (primary N) is 1. The zero-order chi connectivity index (χ0) is 12.3. The number of rotatable bonds is 4. The van der Waals surface area contributed by atoms with Crippen molar-refractivity contribution < 1.29 is 4.79 Å². The summed E-state index contributed by atoms with van der Waals surface area (Å²) >= 11 is 0. The van der Waals surface area contributed by atoms with E-state index in [9.17, 15) is 4.79 Å². The predicted molar refractivity (Wildman–Crippen MR) is 65.7 cm³/mol. The molecular formula is C12H20N4O. The highest BCUT2D eigenvalue weighted by atomic mass is 16.2. The normalized spacial score (nSPS) is 18.2. The number of nitrogens with zero attached hydrogens (tertiary/aromatic N) is 1. The summed E-state index contributed by atoms with van der Waals surface area (Å²) in [5, 5.41) is 9.92. The number of hydrogen-bond acceptors (Lipinski definition) is 3. The summed E-state index contributed by atoms with van der Waals surface area (Å²) in [6, 6.07) is 1.80. The number of aryl methyl sites for hydroxylation is 1. The smallest absolute Gasteiger partial charge is 0.272 e. The quantitative estimate of drug-likeness (QED) is 0.728. The third-order valence-electron chi connectivity index (χ3n) is 3.57. The zero-order valence-corrected chi connectivity index (χ0v) is 10.3. The van der Waals surface area contributed by atoms with Gasteiger partial charge in [0.15, 0.2) is 0 Å². The van der Waals surface area contributed by atoms with Crippen molar-refractivity contribution in [3.8, 4) is 0 Å². The Morgan fingerprint density at radius 1 is 1.59 bits per heavy atom. The fourth-order valence-electron chi connectivity index (χ4n) is 2.40. The Hall–Kier alpha value is -1.36. The minimum Gasteiger partial charge on any atom is -0.344 e. The molecule has 94 valence electrons. The van der Waals surface area contributed by atoms with Gasteiger partial charge in [0.1, 0.15) is 5.69 Å². The molecule has 1 heterocycles. The highest BCUT2D eigenvalue weighted by molar-refractivity contribution is 5.92. The Balaban J connectivity index is 2.05. The molecule has 5 nitrogen and oxygen atoms in total. The fraction of sp³-hybridized carbons (Fsp3) is 0.667. The van der Waals surface area contributed by atoms with Crippen LogP contribution in [-0.4, -0.2) is 28.2 Å². The maximum Gasteiger partial charge on any atom is 0.272 e. The van der Waals surface area contributed by atoms with Crippen molar-refractivity contribution >= 4 is 5.91 Å². The molecule has 0 aliphatic heterocycles. The number of H-pyrrole nitrogens is 1. The van der Waals surface area contributed by atoms with Crippen LogP contribution in [0.1, 0.15) is 48.8 Å². The molecule has 0 aromatic carbocycles. The Kier molecular flexibility index (Phi) is 3.47. The summed E-state index contributed by atoms with van der Waals surface area (Å²) < 4.78 is 0. The second-order valence-electron chi connectivity index (χ2n) is 4.78. The van der Waals surface area contributed by atoms with Gasteiger partial charge in [0.25, 0.3) is 5.91 Å². The lowest BCUT2D eigenvalue weighted by Crippen LogP contribution is -2.51. The second-order valence-corrected chi connectivity index (χ2v) is 4.78. The first kappa shape index (κ1) is 12.1. The molecular weight excluding hydrogens is 216 g/mol. The van der Waals surface area contributed by atoms with E-state index in [1.54, 1.807) is 6.07 Å². The summed E-state index contributed by atoms with van der Waals surface area (Å²) in [6.45, 7) is 2.53. The van der Waals surface area contributed by atoms with Crippen molar-refractivity contribution in [1.29, 1.82) is 0 Å². The van der Waals surface area contributed by atoms with E-state index >= 15 is 0 Å². The molecule has 1 fully saturated rings. The summed E-state index contributed by atoms with van der Waals surface area (Å²) in [4.78, 5) is 12.0. The predicted octanol–water partition coefficient (Wildman–Crippen LogP) is 0.973. The lowest BCUT2D eigenvalue weighted by molar-refractivity contribution is 0.0898. The number of carbonyl (C=O) groups excluding carboxylic acids is 1. The van der Waals surface area contributed by atoms with E-state index < -0.39 is 0 Å². The molecule has 0 radical (unpaired) electrons. The first-order chi connectivity index (χ1) is 8.19. The van der Waals surface area contributed by atoms with Gasteiger partial charge < -0.3 is 11.1 Å². The van der Waals surface area contributed by atoms with Gasteiger partial charge in [-0.15, -0.1) is 0 Å². The average Bonchev–Trinajstić information content (AvgIpc) is 2.97. The molecule has 1 aromatic rings. The van der Waals surface area contributed by atoms with Gasteiger partial charge in [-0.3, -0.25) is 9.89 Å². The van der Waals surface area contributed by atoms with E-state index in [0.717, 1.165) is 37.8 Å². The van der Waals surface area contributed by atoms with Crippen molar-refractivity contribution in [2.75, 3.05) is 6.54 Å². The van der Waals surface area contributed by atoms with E-state index in [0.29, 0.717) is 12.2 Å². The molecule has 5 heteroatoms. The van der Waals surface area contributed by atoms with Crippen molar-refractivity contribution in [2.24, 2.45) is 5.73 Å². The molecule has 1 amide bonds. The first-order valence-corrected chi connectivity index (χ1v) is 6.26. The standard InChI is InChI=1S/C12H20N4O/c1-2-9-7-10(16-15-9)11(17)14-12(8-13)5-3-4-6-12/h7H,2-6,8,13H2,1H3,(H,14,17)(H,15,16). The van der Waals surface area contributed by atoms with Gasteiger partial charge in [0, 0.05) is 12.2 Å². The largest absolute Gasteiger partial charge is 0.344 e. The van der Waals surface area contributed by atoms with Gasteiger partial charge >= 0.3 is 0 Å². The Morgan fingerprint density at radius 3 is 2.82 bits per heavy atom. The van der Waals surface area contributed by atoms with Crippen molar-refractivity contribution in [1.82, 2.24) is 15.5 Å². The summed E-state index contributed by atoms with van der Waals surface area (Å²) in [6.07, 6.45) is 5.07. The SMILES string of the molecule is CCc1cc(C(=O)NC2(CN)CCCC2)n[nH]1. The first-order valence-electron chi connectivity index (χ1n) is 6.26. The molecule has 1 saturated carbocycles. The van der Waals surface area contributed by atoms with Gasteiger partial charge in [-0.2, -0.15) is 5.10 Å². The van der Waals surface area contributed by atoms with E-state index in [-0.39, 0.29) is 11.4 Å². The molecule has 0 atom stereocenters. The molecule has 0 saturated heterocycles.